The molecule has 1 radical (unpaired) electrons. The summed E-state index contributed by atoms with van der Waals surface area (Å²) in [7, 11) is -3.90. The van der Waals surface area contributed by atoms with Crippen LogP contribution < -0.4 is 16.0 Å². The Morgan fingerprint density at radius 3 is 2.27 bits per heavy atom. The summed E-state index contributed by atoms with van der Waals surface area (Å²) in [5.74, 6) is -2.53. The van der Waals surface area contributed by atoms with Crippen LogP contribution in [0.2, 0.25) is 0 Å². The van der Waals surface area contributed by atoms with E-state index in [4.69, 9.17) is 0 Å². The number of carboxylic acids is 1. The maximum Gasteiger partial charge on any atom is 0.341 e. The molecule has 15 nitrogen and oxygen atoms in total. The van der Waals surface area contributed by atoms with Crippen LogP contribution in [0.5, 0.6) is 0 Å². The molecular weight excluding hydrogens is 579 g/mol. The minimum atomic E-state index is -3.90. The molecule has 1 aromatic rings. The number of carbonyl (C=O) groups is 6. The number of thioether (sulfide) groups is 1. The molecule has 0 aromatic heterocycles. The number of aliphatic carboxylic acids is 1. The summed E-state index contributed by atoms with van der Waals surface area (Å²) < 4.78 is 23.0. The van der Waals surface area contributed by atoms with Crippen LogP contribution in [0.15, 0.2) is 30.3 Å². The van der Waals surface area contributed by atoms with Gasteiger partial charge in [0.1, 0.15) is 23.5 Å². The zero-order chi connectivity index (χ0) is 28.9. The van der Waals surface area contributed by atoms with Gasteiger partial charge in [-0.15, -0.1) is 11.8 Å². The molecule has 0 unspecified atom stereocenters. The van der Waals surface area contributed by atoms with Gasteiger partial charge in [0.2, 0.25) is 21.8 Å². The van der Waals surface area contributed by atoms with Crippen LogP contribution >= 0.6 is 11.8 Å². The molecule has 211 valence electrons. The Balaban J connectivity index is 0.00000441. The summed E-state index contributed by atoms with van der Waals surface area (Å²) >= 11 is 1.23. The average molecular weight is 606 g/mol. The third kappa shape index (κ3) is 5.93. The smallest absolute Gasteiger partial charge is 0.341 e. The van der Waals surface area contributed by atoms with E-state index in [1.807, 2.05) is 5.32 Å². The van der Waals surface area contributed by atoms with Crippen molar-refractivity contribution < 1.29 is 42.3 Å². The number of fused-ring (bicyclic) bond motifs is 1. The van der Waals surface area contributed by atoms with Crippen molar-refractivity contribution in [2.75, 3.05) is 19.3 Å². The first-order valence-electron chi connectivity index (χ1n) is 11.6. The molecule has 1 aromatic carbocycles. The molecule has 18 heteroatoms. The zero-order valence-corrected chi connectivity index (χ0v) is 25.6. The topological polar surface area (TPSA) is 203 Å². The summed E-state index contributed by atoms with van der Waals surface area (Å²) in [5.41, 5.74) is 0.310. The molecule has 3 heterocycles. The Kier molecular flexibility index (Phi) is 9.15. The summed E-state index contributed by atoms with van der Waals surface area (Å²) in [6.45, 7) is 2.83. The van der Waals surface area contributed by atoms with E-state index in [0.717, 1.165) is 6.26 Å². The number of carboxylic acid groups (broad SMARTS) is 1. The quantitative estimate of drug-likeness (QED) is 0.232. The van der Waals surface area contributed by atoms with E-state index in [0.29, 0.717) is 14.8 Å². The number of β-lactam (4-membered cyclic amide) rings is 1. The molecule has 4 N–H and O–H groups in total. The van der Waals surface area contributed by atoms with Gasteiger partial charge < -0.3 is 20.6 Å². The number of imide groups is 2. The minimum absolute atomic E-state index is 0. The number of hydrogen-bond donors (Lipinski definition) is 4. The van der Waals surface area contributed by atoms with Crippen LogP contribution in [0.3, 0.4) is 0 Å². The van der Waals surface area contributed by atoms with Crippen LogP contribution in [0.4, 0.5) is 14.4 Å². The Hall–Kier alpha value is -2.86. The van der Waals surface area contributed by atoms with Gasteiger partial charge in [-0.25, -0.2) is 36.8 Å². The van der Waals surface area contributed by atoms with Crippen LogP contribution in [0.1, 0.15) is 25.5 Å². The predicted octanol–water partition coefficient (Wildman–Crippen LogP) is -0.905. The van der Waals surface area contributed by atoms with Crippen LogP contribution in [0, 0.1) is 0 Å². The van der Waals surface area contributed by atoms with Gasteiger partial charge >= 0.3 is 24.1 Å². The zero-order valence-electron chi connectivity index (χ0n) is 22.0. The van der Waals surface area contributed by atoms with E-state index in [-0.39, 0.29) is 42.6 Å². The maximum absolute atomic E-state index is 13.3. The van der Waals surface area contributed by atoms with Gasteiger partial charge in [0.05, 0.1) is 19.3 Å². The largest absolute Gasteiger partial charge is 0.480 e. The molecule has 3 saturated heterocycles. The number of rotatable bonds is 6. The number of carbonyl (C=O) groups excluding carboxylic acids is 5. The third-order valence-corrected chi connectivity index (χ3v) is 9.19. The minimum Gasteiger partial charge on any atom is -0.480 e. The van der Waals surface area contributed by atoms with Crippen molar-refractivity contribution in [1.82, 2.24) is 30.1 Å². The van der Waals surface area contributed by atoms with Crippen molar-refractivity contribution in [3.05, 3.63) is 35.9 Å². The summed E-state index contributed by atoms with van der Waals surface area (Å²) in [6, 6.07) is 0.994. The summed E-state index contributed by atoms with van der Waals surface area (Å²) in [6.07, 6.45) is 0.807. The molecule has 3 aliphatic heterocycles. The van der Waals surface area contributed by atoms with E-state index >= 15 is 0 Å². The van der Waals surface area contributed by atoms with Gasteiger partial charge in [0, 0.05) is 34.3 Å². The van der Waals surface area contributed by atoms with E-state index in [9.17, 15) is 42.3 Å². The fourth-order valence-electron chi connectivity index (χ4n) is 4.67. The fraction of sp³-hybridized carbons (Fsp3) is 0.455. The number of sulfonamides is 1. The van der Waals surface area contributed by atoms with Gasteiger partial charge in [-0.2, -0.15) is 0 Å². The Labute approximate surface area is 255 Å². The molecule has 3 aliphatic rings. The molecular formula is C22H26N6NaO9S2. The van der Waals surface area contributed by atoms with Crippen molar-refractivity contribution in [3.8, 4) is 0 Å². The third-order valence-electron chi connectivity index (χ3n) is 6.48. The van der Waals surface area contributed by atoms with Crippen molar-refractivity contribution in [2.24, 2.45) is 0 Å². The molecule has 4 atom stereocenters. The van der Waals surface area contributed by atoms with Gasteiger partial charge in [-0.1, -0.05) is 30.3 Å². The SMILES string of the molecule is CC1(C)S[C@@H]2[C@H](NC(=O)[C@H](NC(=O)NC(=O)N3CCN(S(C)(=O)=O)C3=O)c3ccccc3)C(=O)N2[C@H]1C(=O)O.[Na]. The standard InChI is InChI=1S/C22H26N6O9S2.Na/c1-22(2)14(18(31)32)28-16(30)13(17(28)38-22)23-15(29)12(11-7-5-4-6-8-11)24-19(33)25-20(34)26-9-10-27(21(26)35)39(3,36)37;/h4-8,12-14,17H,9-10H2,1-3H3,(H,23,29)(H,31,32)(H2,24,25,33,34);/t12-,13-,14+,17-;/m1./s1. The molecule has 3 fully saturated rings. The Bertz CT molecular complexity index is 1360. The molecule has 0 bridgehead atoms. The molecule has 0 spiro atoms. The van der Waals surface area contributed by atoms with Gasteiger partial charge in [0.15, 0.2) is 0 Å². The Morgan fingerprint density at radius 1 is 1.10 bits per heavy atom. The Morgan fingerprint density at radius 2 is 1.73 bits per heavy atom. The van der Waals surface area contributed by atoms with Gasteiger partial charge in [-0.3, -0.25) is 14.9 Å². The number of nitrogens with zero attached hydrogens (tertiary/aromatic N) is 3. The number of amides is 8. The maximum atomic E-state index is 13.3. The normalized spacial score (nSPS) is 23.9. The van der Waals surface area contributed by atoms with E-state index in [2.05, 4.69) is 10.6 Å². The summed E-state index contributed by atoms with van der Waals surface area (Å²) in [5, 5.41) is 15.8. The predicted molar refractivity (Wildman–Crippen MR) is 141 cm³/mol. The number of nitrogens with one attached hydrogen (secondary N) is 3. The second-order valence-electron chi connectivity index (χ2n) is 9.60. The second-order valence-corrected chi connectivity index (χ2v) is 13.3. The first-order valence-corrected chi connectivity index (χ1v) is 14.3. The molecule has 0 saturated carbocycles. The van der Waals surface area contributed by atoms with Crippen LogP contribution in [-0.2, 0) is 24.4 Å². The molecule has 8 amide bonds. The number of urea groups is 3. The van der Waals surface area contributed by atoms with E-state index in [1.54, 1.807) is 32.0 Å². The van der Waals surface area contributed by atoms with Crippen molar-refractivity contribution >= 4 is 87.2 Å². The van der Waals surface area contributed by atoms with Crippen molar-refractivity contribution in [1.29, 1.82) is 0 Å². The van der Waals surface area contributed by atoms with Gasteiger partial charge in [0.25, 0.3) is 0 Å². The fourth-order valence-corrected chi connectivity index (χ4v) is 7.09. The number of benzene rings is 1. The molecule has 4 rings (SSSR count). The number of hydrogen-bond acceptors (Lipinski definition) is 9. The van der Waals surface area contributed by atoms with Crippen LogP contribution in [0.25, 0.3) is 0 Å². The first-order chi connectivity index (χ1) is 18.1. The summed E-state index contributed by atoms with van der Waals surface area (Å²) in [4.78, 5) is 77.0. The second kappa shape index (κ2) is 11.6. The monoisotopic (exact) mass is 605 g/mol. The first kappa shape index (κ1) is 31.7. The molecule has 40 heavy (non-hydrogen) atoms. The van der Waals surface area contributed by atoms with E-state index < -0.39 is 74.1 Å². The van der Waals surface area contributed by atoms with Crippen molar-refractivity contribution in [3.63, 3.8) is 0 Å². The van der Waals surface area contributed by atoms with E-state index in [1.165, 1.54) is 28.8 Å². The van der Waals surface area contributed by atoms with Crippen LogP contribution in [-0.4, -0.2) is 135 Å². The van der Waals surface area contributed by atoms with Gasteiger partial charge in [-0.05, 0) is 19.4 Å². The molecule has 0 aliphatic carbocycles. The van der Waals surface area contributed by atoms with Crippen molar-refractivity contribution in [2.45, 2.75) is 42.1 Å². The average Bonchev–Trinajstić information content (AvgIpc) is 3.36.